The van der Waals surface area contributed by atoms with E-state index >= 15 is 0 Å². The van der Waals surface area contributed by atoms with E-state index in [1.807, 2.05) is 13.8 Å². The lowest BCUT2D eigenvalue weighted by Crippen LogP contribution is -2.43. The summed E-state index contributed by atoms with van der Waals surface area (Å²) < 4.78 is 0. The van der Waals surface area contributed by atoms with Gasteiger partial charge in [-0.05, 0) is 19.9 Å². The molecule has 0 rings (SSSR count). The third-order valence-electron chi connectivity index (χ3n) is 1.72. The minimum atomic E-state index is -1.56. The van der Waals surface area contributed by atoms with Crippen molar-refractivity contribution in [1.29, 1.82) is 0 Å². The lowest BCUT2D eigenvalue weighted by Gasteiger charge is -2.24. The Balaban J connectivity index is 4.70. The fourth-order valence-electron chi connectivity index (χ4n) is 0.977. The Labute approximate surface area is 82.4 Å². The van der Waals surface area contributed by atoms with Crippen LogP contribution in [-0.4, -0.2) is 30.7 Å². The molecule has 0 heterocycles. The van der Waals surface area contributed by atoms with Gasteiger partial charge in [-0.1, -0.05) is 26.2 Å². The first-order valence-electron chi connectivity index (χ1n) is 4.67. The highest BCUT2D eigenvalue weighted by Crippen LogP contribution is 2.10. The van der Waals surface area contributed by atoms with E-state index in [-0.39, 0.29) is 6.04 Å². The molecule has 0 aliphatic heterocycles. The summed E-state index contributed by atoms with van der Waals surface area (Å²) in [5.41, 5.74) is 0.349. The van der Waals surface area contributed by atoms with Crippen LogP contribution < -0.4 is 0 Å². The first-order chi connectivity index (χ1) is 5.79. The van der Waals surface area contributed by atoms with Crippen molar-refractivity contribution < 1.29 is 5.11 Å². The van der Waals surface area contributed by atoms with Crippen LogP contribution in [0.25, 0.3) is 0 Å². The highest BCUT2D eigenvalue weighted by molar-refractivity contribution is 6.80. The third kappa shape index (κ3) is 4.38. The molecule has 0 saturated carbocycles. The fourth-order valence-corrected chi connectivity index (χ4v) is 2.06. The average molecular weight is 199 g/mol. The lowest BCUT2D eigenvalue weighted by molar-refractivity contribution is 0.308. The maximum Gasteiger partial charge on any atom is 0.0859 e. The van der Waals surface area contributed by atoms with Gasteiger partial charge in [0.15, 0.2) is 0 Å². The number of aliphatic hydroxyl groups excluding tert-OH is 1. The third-order valence-corrected chi connectivity index (χ3v) is 3.65. The smallest absolute Gasteiger partial charge is 0.0859 e. The SMILES string of the molecule is C=CC(=NC(C)C)C(O)[Si](C)(C)C. The van der Waals surface area contributed by atoms with Gasteiger partial charge in [0, 0.05) is 6.04 Å². The van der Waals surface area contributed by atoms with Crippen LogP contribution in [0.3, 0.4) is 0 Å². The number of hydrogen-bond donors (Lipinski definition) is 1. The molecule has 0 aliphatic carbocycles. The zero-order chi connectivity index (χ0) is 10.6. The second kappa shape index (κ2) is 4.72. The van der Waals surface area contributed by atoms with Crippen LogP contribution >= 0.6 is 0 Å². The number of aliphatic hydroxyl groups is 1. The second-order valence-electron chi connectivity index (χ2n) is 4.62. The molecule has 2 nitrogen and oxygen atoms in total. The van der Waals surface area contributed by atoms with Crippen molar-refractivity contribution in [2.24, 2.45) is 4.99 Å². The van der Waals surface area contributed by atoms with E-state index in [4.69, 9.17) is 0 Å². The zero-order valence-corrected chi connectivity index (χ0v) is 10.3. The largest absolute Gasteiger partial charge is 0.390 e. The molecule has 0 aromatic heterocycles. The average Bonchev–Trinajstić information content (AvgIpc) is 1.96. The maximum atomic E-state index is 9.95. The zero-order valence-electron chi connectivity index (χ0n) is 9.33. The molecular formula is C10H21NOSi. The molecule has 1 N–H and O–H groups in total. The predicted octanol–water partition coefficient (Wildman–Crippen LogP) is 2.26. The van der Waals surface area contributed by atoms with Crippen molar-refractivity contribution >= 4 is 13.8 Å². The highest BCUT2D eigenvalue weighted by atomic mass is 28.3. The molecule has 1 atom stereocenters. The van der Waals surface area contributed by atoms with E-state index in [2.05, 4.69) is 31.2 Å². The van der Waals surface area contributed by atoms with Gasteiger partial charge in [0.25, 0.3) is 0 Å². The molecule has 0 radical (unpaired) electrons. The first-order valence-corrected chi connectivity index (χ1v) is 8.25. The summed E-state index contributed by atoms with van der Waals surface area (Å²) in [6.07, 6.45) is 1.67. The molecule has 0 aromatic carbocycles. The van der Waals surface area contributed by atoms with E-state index in [1.54, 1.807) is 6.08 Å². The van der Waals surface area contributed by atoms with E-state index < -0.39 is 13.8 Å². The van der Waals surface area contributed by atoms with Gasteiger partial charge >= 0.3 is 0 Å². The quantitative estimate of drug-likeness (QED) is 0.547. The topological polar surface area (TPSA) is 32.6 Å². The molecule has 76 valence electrons. The second-order valence-corrected chi connectivity index (χ2v) is 9.90. The van der Waals surface area contributed by atoms with Crippen LogP contribution in [0.2, 0.25) is 19.6 Å². The Hall–Kier alpha value is -0.413. The van der Waals surface area contributed by atoms with Gasteiger partial charge in [0.1, 0.15) is 0 Å². The minimum absolute atomic E-state index is 0.221. The molecular weight excluding hydrogens is 178 g/mol. The van der Waals surface area contributed by atoms with Crippen molar-refractivity contribution in [2.45, 2.75) is 45.3 Å². The summed E-state index contributed by atoms with van der Waals surface area (Å²) >= 11 is 0. The molecule has 3 heteroatoms. The van der Waals surface area contributed by atoms with E-state index in [0.29, 0.717) is 0 Å². The molecule has 0 saturated heterocycles. The normalized spacial score (nSPS) is 16.1. The molecule has 1 unspecified atom stereocenters. The van der Waals surface area contributed by atoms with Crippen LogP contribution in [0.4, 0.5) is 0 Å². The van der Waals surface area contributed by atoms with E-state index in [1.165, 1.54) is 0 Å². The fraction of sp³-hybridized carbons (Fsp3) is 0.700. The number of hydrogen-bond acceptors (Lipinski definition) is 2. The monoisotopic (exact) mass is 199 g/mol. The van der Waals surface area contributed by atoms with Crippen molar-refractivity contribution in [3.05, 3.63) is 12.7 Å². The van der Waals surface area contributed by atoms with Crippen LogP contribution in [0, 0.1) is 0 Å². The minimum Gasteiger partial charge on any atom is -0.390 e. The van der Waals surface area contributed by atoms with Gasteiger partial charge in [0.05, 0.1) is 19.5 Å². The Morgan fingerprint density at radius 1 is 1.38 bits per heavy atom. The number of aliphatic imine (C=N–C) groups is 1. The first kappa shape index (κ1) is 12.6. The van der Waals surface area contributed by atoms with Crippen LogP contribution in [0.15, 0.2) is 17.6 Å². The lowest BCUT2D eigenvalue weighted by atomic mass is 10.3. The van der Waals surface area contributed by atoms with Gasteiger partial charge in [-0.15, -0.1) is 0 Å². The van der Waals surface area contributed by atoms with Crippen molar-refractivity contribution in [1.82, 2.24) is 0 Å². The number of nitrogens with zero attached hydrogens (tertiary/aromatic N) is 1. The van der Waals surface area contributed by atoms with Gasteiger partial charge in [-0.3, -0.25) is 4.99 Å². The van der Waals surface area contributed by atoms with Crippen molar-refractivity contribution in [3.63, 3.8) is 0 Å². The van der Waals surface area contributed by atoms with Gasteiger partial charge in [-0.2, -0.15) is 0 Å². The van der Waals surface area contributed by atoms with E-state index in [9.17, 15) is 5.11 Å². The highest BCUT2D eigenvalue weighted by Gasteiger charge is 2.27. The Morgan fingerprint density at radius 3 is 2.08 bits per heavy atom. The predicted molar refractivity (Wildman–Crippen MR) is 62.1 cm³/mol. The van der Waals surface area contributed by atoms with Crippen LogP contribution in [0.1, 0.15) is 13.8 Å². The van der Waals surface area contributed by atoms with Gasteiger partial charge in [-0.25, -0.2) is 0 Å². The standard InChI is InChI=1S/C10H21NOSi/c1-7-9(11-8(2)3)10(12)13(4,5)6/h7-8,10,12H,1H2,2-6H3. The Kier molecular flexibility index (Phi) is 4.57. The summed E-state index contributed by atoms with van der Waals surface area (Å²) in [6.45, 7) is 14.0. The van der Waals surface area contributed by atoms with Crippen molar-refractivity contribution in [2.75, 3.05) is 0 Å². The molecule has 0 bridgehead atoms. The van der Waals surface area contributed by atoms with Crippen molar-refractivity contribution in [3.8, 4) is 0 Å². The summed E-state index contributed by atoms with van der Waals surface area (Å²) in [5, 5.41) is 9.95. The summed E-state index contributed by atoms with van der Waals surface area (Å²) in [4.78, 5) is 4.35. The molecule has 13 heavy (non-hydrogen) atoms. The van der Waals surface area contributed by atoms with Gasteiger partial charge in [0.2, 0.25) is 0 Å². The Bertz CT molecular complexity index is 203. The molecule has 0 aliphatic rings. The summed E-state index contributed by atoms with van der Waals surface area (Å²) in [5.74, 6) is 0. The molecule has 0 spiro atoms. The number of rotatable bonds is 4. The van der Waals surface area contributed by atoms with Gasteiger partial charge < -0.3 is 5.11 Å². The summed E-state index contributed by atoms with van der Waals surface area (Å²) in [7, 11) is -1.56. The van der Waals surface area contributed by atoms with Crippen LogP contribution in [-0.2, 0) is 0 Å². The molecule has 0 amide bonds. The van der Waals surface area contributed by atoms with Crippen LogP contribution in [0.5, 0.6) is 0 Å². The molecule has 0 fully saturated rings. The summed E-state index contributed by atoms with van der Waals surface area (Å²) in [6, 6.07) is 0.221. The van der Waals surface area contributed by atoms with E-state index in [0.717, 1.165) is 5.71 Å². The molecule has 0 aromatic rings. The maximum absolute atomic E-state index is 9.95. The Morgan fingerprint density at radius 2 is 1.85 bits per heavy atom.